The van der Waals surface area contributed by atoms with Crippen molar-refractivity contribution in [2.45, 2.75) is 13.1 Å². The van der Waals surface area contributed by atoms with Crippen molar-refractivity contribution < 1.29 is 51.4 Å². The molecule has 0 bridgehead atoms. The Morgan fingerprint density at radius 2 is 2.45 bits per heavy atom. The summed E-state index contributed by atoms with van der Waals surface area (Å²) in [6.07, 6.45) is 4.07. The van der Waals surface area contributed by atoms with Gasteiger partial charge in [-0.05, 0) is 17.5 Å². The fourth-order valence-corrected chi connectivity index (χ4v) is 1.47. The molecule has 0 N–H and O–H groups in total. The first-order chi connectivity index (χ1) is 4.90. The van der Waals surface area contributed by atoms with E-state index in [9.17, 15) is 0 Å². The first kappa shape index (κ1) is 10.2. The SMILES string of the molecule is CSn1cc2c(n1)C[N-]C2.[K+]. The summed E-state index contributed by atoms with van der Waals surface area (Å²) in [4.78, 5) is 0. The summed E-state index contributed by atoms with van der Waals surface area (Å²) in [6, 6.07) is 0. The van der Waals surface area contributed by atoms with Gasteiger partial charge in [0.25, 0.3) is 0 Å². The van der Waals surface area contributed by atoms with Crippen molar-refractivity contribution in [1.82, 2.24) is 9.19 Å². The largest absolute Gasteiger partial charge is 1.00 e. The maximum atomic E-state index is 4.30. The summed E-state index contributed by atoms with van der Waals surface area (Å²) >= 11 is 1.62. The summed E-state index contributed by atoms with van der Waals surface area (Å²) in [5.41, 5.74) is 2.43. The standard InChI is InChI=1S/C6H8N3S.K/c1-10-9-4-5-2-7-3-6(5)8-9;/h4H,2-3H2,1H3;/q-1;+1. The van der Waals surface area contributed by atoms with E-state index < -0.39 is 0 Å². The van der Waals surface area contributed by atoms with Crippen molar-refractivity contribution in [1.29, 1.82) is 0 Å². The molecule has 1 aromatic rings. The second-order valence-electron chi connectivity index (χ2n) is 2.23. The van der Waals surface area contributed by atoms with Crippen LogP contribution < -0.4 is 51.4 Å². The van der Waals surface area contributed by atoms with Crippen molar-refractivity contribution >= 4 is 11.9 Å². The van der Waals surface area contributed by atoms with Crippen LogP contribution in [0.15, 0.2) is 6.20 Å². The van der Waals surface area contributed by atoms with E-state index in [1.54, 1.807) is 11.9 Å². The molecule has 1 aromatic heterocycles. The van der Waals surface area contributed by atoms with Crippen molar-refractivity contribution in [3.8, 4) is 0 Å². The number of hydrogen-bond donors (Lipinski definition) is 0. The van der Waals surface area contributed by atoms with Crippen LogP contribution in [0.2, 0.25) is 0 Å². The van der Waals surface area contributed by atoms with Gasteiger partial charge in [-0.2, -0.15) is 5.10 Å². The van der Waals surface area contributed by atoms with Gasteiger partial charge in [-0.15, -0.1) is 13.1 Å². The minimum atomic E-state index is 0. The average Bonchev–Trinajstić information content (AvgIpc) is 2.42. The van der Waals surface area contributed by atoms with E-state index in [4.69, 9.17) is 0 Å². The Bertz CT molecular complexity index is 226. The van der Waals surface area contributed by atoms with Crippen LogP contribution in [0.5, 0.6) is 0 Å². The molecular weight excluding hydrogens is 185 g/mol. The second-order valence-corrected chi connectivity index (χ2v) is 2.97. The normalized spacial score (nSPS) is 14.3. The monoisotopic (exact) mass is 193 g/mol. The fourth-order valence-electron chi connectivity index (χ4n) is 1.06. The molecule has 54 valence electrons. The van der Waals surface area contributed by atoms with Gasteiger partial charge in [0, 0.05) is 18.1 Å². The zero-order valence-electron chi connectivity index (χ0n) is 6.74. The molecule has 0 saturated heterocycles. The van der Waals surface area contributed by atoms with E-state index in [-0.39, 0.29) is 51.4 Å². The third kappa shape index (κ3) is 2.09. The van der Waals surface area contributed by atoms with Crippen LogP contribution in [0, 0.1) is 0 Å². The molecule has 0 aromatic carbocycles. The van der Waals surface area contributed by atoms with E-state index in [1.807, 2.05) is 10.3 Å². The molecule has 5 heteroatoms. The molecule has 1 aliphatic rings. The summed E-state index contributed by atoms with van der Waals surface area (Å²) in [5, 5.41) is 8.50. The van der Waals surface area contributed by atoms with E-state index >= 15 is 0 Å². The Morgan fingerprint density at radius 3 is 3.09 bits per heavy atom. The van der Waals surface area contributed by atoms with Crippen LogP contribution in [0.1, 0.15) is 11.3 Å². The quantitative estimate of drug-likeness (QED) is 0.503. The van der Waals surface area contributed by atoms with Gasteiger partial charge in [0.15, 0.2) is 0 Å². The molecule has 1 aliphatic heterocycles. The van der Waals surface area contributed by atoms with E-state index in [2.05, 4.69) is 16.6 Å². The average molecular weight is 193 g/mol. The minimum Gasteiger partial charge on any atom is -0.653 e. The zero-order valence-corrected chi connectivity index (χ0v) is 10.7. The molecule has 0 fully saturated rings. The van der Waals surface area contributed by atoms with Gasteiger partial charge in [0.1, 0.15) is 0 Å². The fraction of sp³-hybridized carbons (Fsp3) is 0.500. The van der Waals surface area contributed by atoms with Gasteiger partial charge in [0.05, 0.1) is 0 Å². The first-order valence-electron chi connectivity index (χ1n) is 3.15. The number of rotatable bonds is 1. The van der Waals surface area contributed by atoms with E-state index in [0.717, 1.165) is 18.8 Å². The molecule has 2 rings (SSSR count). The third-order valence-corrected chi connectivity index (χ3v) is 2.15. The van der Waals surface area contributed by atoms with Gasteiger partial charge in [-0.25, -0.2) is 4.09 Å². The third-order valence-electron chi connectivity index (χ3n) is 1.59. The maximum absolute atomic E-state index is 4.30. The van der Waals surface area contributed by atoms with E-state index in [0.29, 0.717) is 0 Å². The predicted octanol–water partition coefficient (Wildman–Crippen LogP) is -1.60. The summed E-state index contributed by atoms with van der Waals surface area (Å²) in [6.45, 7) is 1.67. The number of nitrogens with zero attached hydrogens (tertiary/aromatic N) is 3. The number of hydrogen-bond acceptors (Lipinski definition) is 2. The van der Waals surface area contributed by atoms with Gasteiger partial charge in [-0.3, -0.25) is 0 Å². The molecule has 2 heterocycles. The van der Waals surface area contributed by atoms with Crippen molar-refractivity contribution in [3.05, 3.63) is 22.8 Å². The van der Waals surface area contributed by atoms with Gasteiger partial charge in [-0.1, -0.05) is 0 Å². The maximum Gasteiger partial charge on any atom is 1.00 e. The van der Waals surface area contributed by atoms with Crippen LogP contribution in [0.4, 0.5) is 0 Å². The van der Waals surface area contributed by atoms with Crippen LogP contribution >= 0.6 is 11.9 Å². The molecule has 0 saturated carbocycles. The Labute approximate surface area is 113 Å². The Kier molecular flexibility index (Phi) is 4.10. The molecule has 0 radical (unpaired) electrons. The number of aromatic nitrogens is 2. The smallest absolute Gasteiger partial charge is 0.653 e. The molecule has 11 heavy (non-hydrogen) atoms. The summed E-state index contributed by atoms with van der Waals surface area (Å²) in [5.74, 6) is 0. The van der Waals surface area contributed by atoms with Gasteiger partial charge >= 0.3 is 51.4 Å². The van der Waals surface area contributed by atoms with Crippen molar-refractivity contribution in [3.63, 3.8) is 0 Å². The topological polar surface area (TPSA) is 31.9 Å². The molecule has 0 atom stereocenters. The summed E-state index contributed by atoms with van der Waals surface area (Å²) < 4.78 is 1.89. The van der Waals surface area contributed by atoms with Crippen LogP contribution in [0.25, 0.3) is 5.32 Å². The molecule has 0 unspecified atom stereocenters. The van der Waals surface area contributed by atoms with Gasteiger partial charge < -0.3 is 5.32 Å². The van der Waals surface area contributed by atoms with Crippen LogP contribution in [0.3, 0.4) is 0 Å². The van der Waals surface area contributed by atoms with Crippen LogP contribution in [-0.4, -0.2) is 15.4 Å². The molecule has 3 nitrogen and oxygen atoms in total. The molecular formula is C6H8KN3S. The Hall–Kier alpha value is 1.16. The summed E-state index contributed by atoms with van der Waals surface area (Å²) in [7, 11) is 0. The molecule has 0 spiro atoms. The van der Waals surface area contributed by atoms with Gasteiger partial charge in [0.2, 0.25) is 0 Å². The van der Waals surface area contributed by atoms with Crippen LogP contribution in [-0.2, 0) is 13.1 Å². The number of fused-ring (bicyclic) bond motifs is 1. The second kappa shape index (κ2) is 4.41. The Balaban J connectivity index is 0.000000605. The van der Waals surface area contributed by atoms with E-state index in [1.165, 1.54) is 5.56 Å². The van der Waals surface area contributed by atoms with Crippen molar-refractivity contribution in [2.75, 3.05) is 6.26 Å². The van der Waals surface area contributed by atoms with Crippen molar-refractivity contribution in [2.24, 2.45) is 0 Å². The predicted molar refractivity (Wildman–Crippen MR) is 41.9 cm³/mol. The molecule has 0 aliphatic carbocycles. The minimum absolute atomic E-state index is 0. The molecule has 0 amide bonds. The first-order valence-corrected chi connectivity index (χ1v) is 4.33. The Morgan fingerprint density at radius 1 is 1.64 bits per heavy atom. The zero-order chi connectivity index (χ0) is 6.97.